The van der Waals surface area contributed by atoms with Crippen LogP contribution in [0.25, 0.3) is 11.0 Å². The molecule has 0 aliphatic heterocycles. The lowest BCUT2D eigenvalue weighted by Gasteiger charge is -2.30. The third-order valence-corrected chi connectivity index (χ3v) is 8.20. The summed E-state index contributed by atoms with van der Waals surface area (Å²) in [5.41, 5.74) is 6.64. The molecule has 3 heterocycles. The monoisotopic (exact) mass is 481 g/mol. The molecule has 0 spiro atoms. The fourth-order valence-corrected chi connectivity index (χ4v) is 6.16. The molecule has 2 saturated carbocycles. The maximum Gasteiger partial charge on any atom is 0.256 e. The van der Waals surface area contributed by atoms with Crippen molar-refractivity contribution < 1.29 is 4.39 Å². The van der Waals surface area contributed by atoms with Crippen molar-refractivity contribution in [1.29, 1.82) is 0 Å². The molecule has 0 amide bonds. The number of rotatable bonds is 5. The minimum Gasteiger partial charge on any atom is -0.286 e. The van der Waals surface area contributed by atoms with Gasteiger partial charge in [0, 0.05) is 22.8 Å². The zero-order valence-corrected chi connectivity index (χ0v) is 21.0. The molecule has 0 radical (unpaired) electrons. The van der Waals surface area contributed by atoms with Gasteiger partial charge in [-0.1, -0.05) is 18.2 Å². The molecule has 2 fully saturated rings. The van der Waals surface area contributed by atoms with E-state index in [9.17, 15) is 9.18 Å². The minimum atomic E-state index is -0.102. The largest absolute Gasteiger partial charge is 0.286 e. The van der Waals surface area contributed by atoms with Crippen molar-refractivity contribution in [3.63, 3.8) is 0 Å². The number of hydrogen-bond donors (Lipinski definition) is 0. The highest BCUT2D eigenvalue weighted by molar-refractivity contribution is 5.76. The van der Waals surface area contributed by atoms with E-state index in [1.54, 1.807) is 12.1 Å². The van der Waals surface area contributed by atoms with Crippen molar-refractivity contribution in [2.24, 2.45) is 0 Å². The first-order chi connectivity index (χ1) is 17.5. The topological polar surface area (TPSA) is 47.8 Å². The van der Waals surface area contributed by atoms with E-state index in [1.807, 2.05) is 42.8 Å². The third kappa shape index (κ3) is 4.25. The van der Waals surface area contributed by atoms with Crippen LogP contribution in [0.3, 0.4) is 0 Å². The van der Waals surface area contributed by atoms with E-state index in [0.29, 0.717) is 12.5 Å². The van der Waals surface area contributed by atoms with Gasteiger partial charge < -0.3 is 0 Å². The van der Waals surface area contributed by atoms with E-state index in [-0.39, 0.29) is 23.2 Å². The molecule has 3 aromatic heterocycles. The first kappa shape index (κ1) is 23.1. The van der Waals surface area contributed by atoms with E-state index in [2.05, 4.69) is 23.2 Å². The Morgan fingerprint density at radius 1 is 0.889 bits per heavy atom. The first-order valence-corrected chi connectivity index (χ1v) is 13.2. The number of benzene rings is 1. The van der Waals surface area contributed by atoms with E-state index in [0.717, 1.165) is 64.8 Å². The fraction of sp³-hybridized carbons (Fsp3) is 0.387. The Morgan fingerprint density at radius 2 is 1.61 bits per heavy atom. The van der Waals surface area contributed by atoms with Crippen molar-refractivity contribution in [2.45, 2.75) is 76.7 Å². The molecule has 0 bridgehead atoms. The predicted molar refractivity (Wildman–Crippen MR) is 141 cm³/mol. The average Bonchev–Trinajstić information content (AvgIpc) is 3.72. The van der Waals surface area contributed by atoms with Crippen molar-refractivity contribution >= 4 is 11.0 Å². The molecule has 0 N–H and O–H groups in total. The van der Waals surface area contributed by atoms with Crippen LogP contribution in [-0.2, 0) is 6.54 Å². The van der Waals surface area contributed by atoms with Crippen LogP contribution in [0.15, 0.2) is 59.5 Å². The molecule has 4 nitrogen and oxygen atoms in total. The zero-order chi connectivity index (χ0) is 24.8. The predicted octanol–water partition coefficient (Wildman–Crippen LogP) is 6.91. The lowest BCUT2D eigenvalue weighted by Crippen LogP contribution is -2.29. The van der Waals surface area contributed by atoms with Crippen LogP contribution in [0.5, 0.6) is 0 Å². The molecule has 1 aromatic carbocycles. The van der Waals surface area contributed by atoms with Crippen LogP contribution in [0.1, 0.15) is 89.9 Å². The molecular formula is C31H32FN3O. The van der Waals surface area contributed by atoms with E-state index in [1.165, 1.54) is 18.4 Å². The maximum atomic E-state index is 14.6. The van der Waals surface area contributed by atoms with Gasteiger partial charge in [0.25, 0.3) is 5.56 Å². The van der Waals surface area contributed by atoms with Crippen LogP contribution in [0.2, 0.25) is 0 Å². The smallest absolute Gasteiger partial charge is 0.256 e. The van der Waals surface area contributed by atoms with E-state index >= 15 is 0 Å². The number of aryl methyl sites for hydroxylation is 2. The zero-order valence-electron chi connectivity index (χ0n) is 21.0. The third-order valence-electron chi connectivity index (χ3n) is 8.20. The summed E-state index contributed by atoms with van der Waals surface area (Å²) in [4.78, 5) is 23.4. The van der Waals surface area contributed by atoms with Crippen LogP contribution in [0.4, 0.5) is 4.39 Å². The lowest BCUT2D eigenvalue weighted by molar-refractivity contribution is 0.384. The fourth-order valence-electron chi connectivity index (χ4n) is 6.16. The van der Waals surface area contributed by atoms with Gasteiger partial charge in [-0.15, -0.1) is 0 Å². The minimum absolute atomic E-state index is 0.0403. The summed E-state index contributed by atoms with van der Waals surface area (Å²) in [6.45, 7) is 4.40. The van der Waals surface area contributed by atoms with Crippen LogP contribution in [0, 0.1) is 19.7 Å². The van der Waals surface area contributed by atoms with Gasteiger partial charge in [0.2, 0.25) is 0 Å². The normalized spacial score (nSPS) is 20.1. The Morgan fingerprint density at radius 3 is 2.36 bits per heavy atom. The molecule has 5 heteroatoms. The highest BCUT2D eigenvalue weighted by Gasteiger charge is 2.30. The highest BCUT2D eigenvalue weighted by atomic mass is 19.1. The lowest BCUT2D eigenvalue weighted by atomic mass is 9.75. The Kier molecular flexibility index (Phi) is 5.94. The van der Waals surface area contributed by atoms with Gasteiger partial charge in [0.15, 0.2) is 0 Å². The van der Waals surface area contributed by atoms with Gasteiger partial charge in [-0.3, -0.25) is 14.3 Å². The molecule has 0 unspecified atom stereocenters. The van der Waals surface area contributed by atoms with Crippen LogP contribution >= 0.6 is 0 Å². The molecule has 2 aliphatic carbocycles. The number of halogens is 1. The molecule has 0 saturated heterocycles. The second-order valence-corrected chi connectivity index (χ2v) is 10.7. The van der Waals surface area contributed by atoms with Crippen LogP contribution in [-0.4, -0.2) is 14.5 Å². The average molecular weight is 482 g/mol. The number of pyridine rings is 3. The molecule has 36 heavy (non-hydrogen) atoms. The summed E-state index contributed by atoms with van der Waals surface area (Å²) >= 11 is 0. The highest BCUT2D eigenvalue weighted by Crippen LogP contribution is 2.43. The van der Waals surface area contributed by atoms with Gasteiger partial charge in [0.1, 0.15) is 11.5 Å². The maximum absolute atomic E-state index is 14.6. The summed E-state index contributed by atoms with van der Waals surface area (Å²) in [6.07, 6.45) is 7.75. The molecule has 2 aliphatic rings. The van der Waals surface area contributed by atoms with Gasteiger partial charge in [0.05, 0.1) is 12.2 Å². The second-order valence-electron chi connectivity index (χ2n) is 10.7. The Hall–Kier alpha value is -3.34. The Balaban J connectivity index is 1.36. The number of fused-ring (bicyclic) bond motifs is 1. The Bertz CT molecular complexity index is 1480. The number of aromatic nitrogens is 3. The van der Waals surface area contributed by atoms with Gasteiger partial charge >= 0.3 is 0 Å². The quantitative estimate of drug-likeness (QED) is 0.311. The van der Waals surface area contributed by atoms with Gasteiger partial charge in [-0.2, -0.15) is 0 Å². The first-order valence-electron chi connectivity index (χ1n) is 13.2. The molecule has 184 valence electrons. The molecule has 6 rings (SSSR count). The van der Waals surface area contributed by atoms with E-state index < -0.39 is 0 Å². The SMILES string of the molecule is Cc1ccc2cc(C3CCC(c4c(C)cccc4F)CC3)c(=O)n(Cc3ncccc3C3CC3)c2n1. The van der Waals surface area contributed by atoms with Gasteiger partial charge in [-0.05, 0) is 117 Å². The number of hydrogen-bond acceptors (Lipinski definition) is 3. The summed E-state index contributed by atoms with van der Waals surface area (Å²) < 4.78 is 16.5. The van der Waals surface area contributed by atoms with Crippen LogP contribution < -0.4 is 5.56 Å². The van der Waals surface area contributed by atoms with Crippen molar-refractivity contribution in [3.05, 3.63) is 105 Å². The summed E-state index contributed by atoms with van der Waals surface area (Å²) in [5.74, 6) is 0.842. The van der Waals surface area contributed by atoms with Gasteiger partial charge in [-0.25, -0.2) is 9.37 Å². The van der Waals surface area contributed by atoms with Crippen molar-refractivity contribution in [1.82, 2.24) is 14.5 Å². The van der Waals surface area contributed by atoms with Crippen molar-refractivity contribution in [3.8, 4) is 0 Å². The summed E-state index contributed by atoms with van der Waals surface area (Å²) in [5, 5.41) is 0.992. The Labute approximate surface area is 211 Å². The molecule has 4 aromatic rings. The summed E-state index contributed by atoms with van der Waals surface area (Å²) in [6, 6.07) is 15.6. The summed E-state index contributed by atoms with van der Waals surface area (Å²) in [7, 11) is 0. The van der Waals surface area contributed by atoms with Crippen molar-refractivity contribution in [2.75, 3.05) is 0 Å². The molecular weight excluding hydrogens is 449 g/mol. The van der Waals surface area contributed by atoms with E-state index in [4.69, 9.17) is 4.98 Å². The number of nitrogens with zero attached hydrogens (tertiary/aromatic N) is 3. The molecule has 0 atom stereocenters. The second kappa shape index (κ2) is 9.27. The standard InChI is InChI=1S/C31H32FN3O/c1-19-5-3-7-27(32)29(19)23-14-12-22(13-15-23)26-17-24-9-8-20(2)34-30(24)35(31(26)36)18-28-25(21-10-11-21)6-4-16-33-28/h3-9,16-17,21-23H,10-15,18H2,1-2H3.